The summed E-state index contributed by atoms with van der Waals surface area (Å²) in [6.07, 6.45) is 0. The first-order chi connectivity index (χ1) is 11.7. The van der Waals surface area contributed by atoms with Crippen molar-refractivity contribution in [2.24, 2.45) is 0 Å². The molecule has 0 fully saturated rings. The number of aliphatic hydroxyl groups is 1. The van der Waals surface area contributed by atoms with Crippen LogP contribution in [0.4, 0.5) is 0 Å². The van der Waals surface area contributed by atoms with Gasteiger partial charge in [0, 0.05) is 21.4 Å². The number of benzene rings is 2. The Labute approximate surface area is 154 Å². The zero-order valence-corrected chi connectivity index (χ0v) is 15.7. The lowest BCUT2D eigenvalue weighted by atomic mass is 10.0. The number of hydrogen-bond acceptors (Lipinski definition) is 4. The van der Waals surface area contributed by atoms with Crippen LogP contribution in [-0.2, 0) is 5.75 Å². The summed E-state index contributed by atoms with van der Waals surface area (Å²) < 4.78 is 6.58. The second-order valence-corrected chi connectivity index (χ2v) is 7.59. The molecule has 2 aromatic carbocycles. The maximum absolute atomic E-state index is 9.92. The van der Waals surface area contributed by atoms with Crippen molar-refractivity contribution in [2.75, 3.05) is 6.61 Å². The summed E-state index contributed by atoms with van der Waals surface area (Å²) in [7, 11) is 0. The Balaban J connectivity index is 1.86. The van der Waals surface area contributed by atoms with Crippen LogP contribution >= 0.6 is 27.7 Å². The number of nitrogens with zero attached hydrogens (tertiary/aromatic N) is 1. The van der Waals surface area contributed by atoms with Crippen LogP contribution in [-0.4, -0.2) is 16.9 Å². The number of aromatic nitrogens is 1. The molecule has 0 saturated heterocycles. The maximum Gasteiger partial charge on any atom is 0.171 e. The van der Waals surface area contributed by atoms with Crippen LogP contribution < -0.4 is 0 Å². The molecule has 124 valence electrons. The van der Waals surface area contributed by atoms with Crippen LogP contribution in [0.15, 0.2) is 63.6 Å². The molecule has 0 spiro atoms. The first-order valence-electron chi connectivity index (χ1n) is 7.67. The van der Waals surface area contributed by atoms with Crippen molar-refractivity contribution >= 4 is 27.7 Å². The van der Waals surface area contributed by atoms with E-state index in [1.54, 1.807) is 11.8 Å². The highest BCUT2D eigenvalue weighted by atomic mass is 79.9. The summed E-state index contributed by atoms with van der Waals surface area (Å²) in [4.78, 5) is 0. The maximum atomic E-state index is 9.92. The minimum Gasteiger partial charge on any atom is -0.395 e. The molecule has 1 unspecified atom stereocenters. The number of halogens is 1. The molecule has 0 aliphatic heterocycles. The van der Waals surface area contributed by atoms with Crippen LogP contribution in [0.3, 0.4) is 0 Å². The molecule has 3 aromatic rings. The average Bonchev–Trinajstić information content (AvgIpc) is 2.99. The monoisotopic (exact) mass is 403 g/mol. The van der Waals surface area contributed by atoms with Gasteiger partial charge in [-0.2, -0.15) is 0 Å². The topological polar surface area (TPSA) is 46.3 Å². The van der Waals surface area contributed by atoms with Crippen molar-refractivity contribution in [1.29, 1.82) is 0 Å². The van der Waals surface area contributed by atoms with Crippen molar-refractivity contribution in [3.63, 3.8) is 0 Å². The summed E-state index contributed by atoms with van der Waals surface area (Å²) in [5.74, 6) is 1.57. The molecule has 0 amide bonds. The molecule has 1 N–H and O–H groups in total. The molecule has 1 aromatic heterocycles. The first-order valence-corrected chi connectivity index (χ1v) is 9.51. The van der Waals surface area contributed by atoms with E-state index in [-0.39, 0.29) is 11.9 Å². The molecule has 0 radical (unpaired) electrons. The standard InChI is InChI=1S/C19H18BrNO2S/c1-13-18(17(11-22)24-12-14-5-3-2-4-6-14)19(23-21-13)15-7-9-16(20)10-8-15/h2-10,17,22H,11-12H2,1H3. The predicted molar refractivity (Wildman–Crippen MR) is 102 cm³/mol. The van der Waals surface area contributed by atoms with Crippen LogP contribution in [0.2, 0.25) is 0 Å². The Hall–Kier alpha value is -1.56. The van der Waals surface area contributed by atoms with Gasteiger partial charge in [-0.25, -0.2) is 0 Å². The van der Waals surface area contributed by atoms with Crippen molar-refractivity contribution in [2.45, 2.75) is 17.9 Å². The molecule has 3 rings (SSSR count). The van der Waals surface area contributed by atoms with Gasteiger partial charge in [0.2, 0.25) is 0 Å². The van der Waals surface area contributed by atoms with E-state index in [1.165, 1.54) is 5.56 Å². The largest absolute Gasteiger partial charge is 0.395 e. The van der Waals surface area contributed by atoms with E-state index in [2.05, 4.69) is 33.2 Å². The van der Waals surface area contributed by atoms with Gasteiger partial charge in [-0.1, -0.05) is 63.6 Å². The molecule has 0 aliphatic rings. The van der Waals surface area contributed by atoms with E-state index in [9.17, 15) is 5.11 Å². The lowest BCUT2D eigenvalue weighted by molar-refractivity contribution is 0.296. The molecular formula is C19H18BrNO2S. The number of aryl methyl sites for hydroxylation is 1. The molecule has 1 atom stereocenters. The molecule has 1 heterocycles. The summed E-state index contributed by atoms with van der Waals surface area (Å²) in [6, 6.07) is 18.2. The van der Waals surface area contributed by atoms with Gasteiger partial charge in [-0.15, -0.1) is 11.8 Å². The first kappa shape index (κ1) is 17.3. The number of rotatable bonds is 6. The lowest BCUT2D eigenvalue weighted by Crippen LogP contribution is -2.03. The Morgan fingerprint density at radius 1 is 1.12 bits per heavy atom. The highest BCUT2D eigenvalue weighted by molar-refractivity contribution is 9.10. The minimum atomic E-state index is -0.0740. The van der Waals surface area contributed by atoms with E-state index in [1.807, 2.05) is 49.4 Å². The predicted octanol–water partition coefficient (Wildman–Crippen LogP) is 5.38. The Kier molecular flexibility index (Phi) is 5.76. The Bertz CT molecular complexity index is 787. The summed E-state index contributed by atoms with van der Waals surface area (Å²) in [6.45, 7) is 1.97. The highest BCUT2D eigenvalue weighted by Crippen LogP contribution is 2.39. The molecule has 0 bridgehead atoms. The van der Waals surface area contributed by atoms with Crippen LogP contribution in [0.1, 0.15) is 22.1 Å². The Morgan fingerprint density at radius 3 is 2.50 bits per heavy atom. The number of aliphatic hydroxyl groups excluding tert-OH is 1. The third-order valence-corrected chi connectivity index (χ3v) is 5.61. The molecule has 0 saturated carbocycles. The van der Waals surface area contributed by atoms with Gasteiger partial charge in [0.1, 0.15) is 0 Å². The van der Waals surface area contributed by atoms with Gasteiger partial charge >= 0.3 is 0 Å². The fourth-order valence-electron chi connectivity index (χ4n) is 2.56. The van der Waals surface area contributed by atoms with E-state index in [0.29, 0.717) is 0 Å². The van der Waals surface area contributed by atoms with Crippen LogP contribution in [0, 0.1) is 6.92 Å². The van der Waals surface area contributed by atoms with Gasteiger partial charge in [-0.05, 0) is 24.6 Å². The smallest absolute Gasteiger partial charge is 0.171 e. The number of hydrogen-bond donors (Lipinski definition) is 1. The van der Waals surface area contributed by atoms with Crippen molar-refractivity contribution in [1.82, 2.24) is 5.16 Å². The summed E-state index contributed by atoms with van der Waals surface area (Å²) >= 11 is 5.14. The third-order valence-electron chi connectivity index (χ3n) is 3.80. The molecule has 0 aliphatic carbocycles. The van der Waals surface area contributed by atoms with Gasteiger partial charge in [0.15, 0.2) is 5.76 Å². The molecule has 3 nitrogen and oxygen atoms in total. The molecule has 24 heavy (non-hydrogen) atoms. The van der Waals surface area contributed by atoms with Crippen molar-refractivity contribution in [3.8, 4) is 11.3 Å². The highest BCUT2D eigenvalue weighted by Gasteiger charge is 2.23. The van der Waals surface area contributed by atoms with Gasteiger partial charge in [0.25, 0.3) is 0 Å². The Morgan fingerprint density at radius 2 is 1.83 bits per heavy atom. The zero-order chi connectivity index (χ0) is 16.9. The fraction of sp³-hybridized carbons (Fsp3) is 0.211. The quantitative estimate of drug-likeness (QED) is 0.599. The van der Waals surface area contributed by atoms with Crippen molar-refractivity contribution < 1.29 is 9.63 Å². The van der Waals surface area contributed by atoms with Crippen LogP contribution in [0.5, 0.6) is 0 Å². The fourth-order valence-corrected chi connectivity index (χ4v) is 3.96. The summed E-state index contributed by atoms with van der Waals surface area (Å²) in [5.41, 5.74) is 4.00. The van der Waals surface area contributed by atoms with E-state index in [0.717, 1.165) is 32.8 Å². The average molecular weight is 404 g/mol. The number of thioether (sulfide) groups is 1. The second kappa shape index (κ2) is 8.01. The minimum absolute atomic E-state index is 0.0447. The third kappa shape index (κ3) is 3.91. The molecule has 5 heteroatoms. The van der Waals surface area contributed by atoms with Crippen LogP contribution in [0.25, 0.3) is 11.3 Å². The van der Waals surface area contributed by atoms with E-state index in [4.69, 9.17) is 4.52 Å². The normalized spacial score (nSPS) is 12.3. The summed E-state index contributed by atoms with van der Waals surface area (Å²) in [5, 5.41) is 14.0. The molecular weight excluding hydrogens is 386 g/mol. The van der Waals surface area contributed by atoms with E-state index < -0.39 is 0 Å². The SMILES string of the molecule is Cc1noc(-c2ccc(Br)cc2)c1C(CO)SCc1ccccc1. The van der Waals surface area contributed by atoms with Gasteiger partial charge in [0.05, 0.1) is 17.6 Å². The lowest BCUT2D eigenvalue weighted by Gasteiger charge is -2.14. The van der Waals surface area contributed by atoms with Gasteiger partial charge in [-0.3, -0.25) is 0 Å². The van der Waals surface area contributed by atoms with E-state index >= 15 is 0 Å². The van der Waals surface area contributed by atoms with Gasteiger partial charge < -0.3 is 9.63 Å². The van der Waals surface area contributed by atoms with Crippen molar-refractivity contribution in [3.05, 3.63) is 75.9 Å². The second-order valence-electron chi connectivity index (χ2n) is 5.49. The zero-order valence-electron chi connectivity index (χ0n) is 13.3.